The van der Waals surface area contributed by atoms with Gasteiger partial charge in [-0.2, -0.15) is 0 Å². The fourth-order valence-electron chi connectivity index (χ4n) is 1.73. The van der Waals surface area contributed by atoms with Gasteiger partial charge in [0.15, 0.2) is 11.0 Å². The molecule has 102 valence electrons. The largest absolute Gasteiger partial charge is 0.381 e. The molecule has 2 aromatic rings. The van der Waals surface area contributed by atoms with E-state index in [0.29, 0.717) is 0 Å². The zero-order chi connectivity index (χ0) is 13.5. The van der Waals surface area contributed by atoms with Crippen LogP contribution in [0.15, 0.2) is 29.7 Å². The summed E-state index contributed by atoms with van der Waals surface area (Å²) in [4.78, 5) is 4.02. The van der Waals surface area contributed by atoms with Crippen molar-refractivity contribution in [3.63, 3.8) is 0 Å². The summed E-state index contributed by atoms with van der Waals surface area (Å²) in [5.41, 5.74) is 1.04. The summed E-state index contributed by atoms with van der Waals surface area (Å²) in [6.45, 7) is 6.44. The van der Waals surface area contributed by atoms with Crippen LogP contribution < -0.4 is 0 Å². The van der Waals surface area contributed by atoms with E-state index in [4.69, 9.17) is 4.74 Å². The Bertz CT molecular complexity index is 501. The number of ether oxygens (including phenoxy) is 1. The third kappa shape index (κ3) is 3.54. The van der Waals surface area contributed by atoms with E-state index in [1.807, 2.05) is 19.1 Å². The van der Waals surface area contributed by atoms with Crippen LogP contribution in [-0.4, -0.2) is 38.7 Å². The molecule has 0 bridgehead atoms. The number of thioether (sulfide) groups is 1. The minimum Gasteiger partial charge on any atom is -0.381 e. The van der Waals surface area contributed by atoms with Crippen LogP contribution >= 0.6 is 11.8 Å². The molecule has 6 heteroatoms. The van der Waals surface area contributed by atoms with Crippen LogP contribution in [-0.2, 0) is 11.3 Å². The van der Waals surface area contributed by atoms with E-state index in [1.165, 1.54) is 0 Å². The van der Waals surface area contributed by atoms with Crippen molar-refractivity contribution >= 4 is 11.8 Å². The highest BCUT2D eigenvalue weighted by Crippen LogP contribution is 2.23. The Morgan fingerprint density at radius 3 is 2.68 bits per heavy atom. The monoisotopic (exact) mass is 278 g/mol. The zero-order valence-electron chi connectivity index (χ0n) is 11.2. The van der Waals surface area contributed by atoms with Gasteiger partial charge >= 0.3 is 0 Å². The molecule has 0 N–H and O–H groups in total. The number of rotatable bonds is 7. The summed E-state index contributed by atoms with van der Waals surface area (Å²) >= 11 is 1.68. The van der Waals surface area contributed by atoms with Crippen molar-refractivity contribution in [1.29, 1.82) is 0 Å². The van der Waals surface area contributed by atoms with Gasteiger partial charge in [0.05, 0.1) is 6.61 Å². The second-order valence-electron chi connectivity index (χ2n) is 3.83. The molecule has 0 saturated carbocycles. The minimum atomic E-state index is 0.738. The standard InChI is InChI=1S/C13H18N4OS/c1-3-17-12(11-5-7-14-8-6-11)15-16-13(17)19-10-9-18-4-2/h5-8H,3-4,9-10H2,1-2H3. The van der Waals surface area contributed by atoms with Crippen LogP contribution in [0.5, 0.6) is 0 Å². The van der Waals surface area contributed by atoms with E-state index in [1.54, 1.807) is 24.2 Å². The number of hydrogen-bond donors (Lipinski definition) is 0. The molecule has 2 heterocycles. The summed E-state index contributed by atoms with van der Waals surface area (Å²) in [6, 6.07) is 3.90. The predicted molar refractivity (Wildman–Crippen MR) is 76.1 cm³/mol. The first-order valence-corrected chi connectivity index (χ1v) is 7.39. The van der Waals surface area contributed by atoms with Gasteiger partial charge in [0.1, 0.15) is 0 Å². The molecule has 0 aliphatic rings. The molecule has 0 fully saturated rings. The highest BCUT2D eigenvalue weighted by atomic mass is 32.2. The van der Waals surface area contributed by atoms with Gasteiger partial charge < -0.3 is 9.30 Å². The molecule has 0 amide bonds. The van der Waals surface area contributed by atoms with Gasteiger partial charge in [0.25, 0.3) is 0 Å². The van der Waals surface area contributed by atoms with Crippen LogP contribution in [0.2, 0.25) is 0 Å². The van der Waals surface area contributed by atoms with Crippen molar-refractivity contribution in [2.24, 2.45) is 0 Å². The van der Waals surface area contributed by atoms with Crippen LogP contribution in [0, 0.1) is 0 Å². The Morgan fingerprint density at radius 1 is 1.21 bits per heavy atom. The van der Waals surface area contributed by atoms with Crippen LogP contribution in [0.25, 0.3) is 11.4 Å². The Hall–Kier alpha value is -1.40. The van der Waals surface area contributed by atoms with Crippen molar-refractivity contribution < 1.29 is 4.74 Å². The molecule has 2 aromatic heterocycles. The fourth-order valence-corrected chi connectivity index (χ4v) is 2.59. The Labute approximate surface area is 117 Å². The number of pyridine rings is 1. The molecule has 0 saturated heterocycles. The average Bonchev–Trinajstić information content (AvgIpc) is 2.87. The summed E-state index contributed by atoms with van der Waals surface area (Å²) < 4.78 is 7.45. The zero-order valence-corrected chi connectivity index (χ0v) is 12.1. The van der Waals surface area contributed by atoms with E-state index < -0.39 is 0 Å². The predicted octanol–water partition coefficient (Wildman–Crippen LogP) is 2.49. The average molecular weight is 278 g/mol. The van der Waals surface area contributed by atoms with Gasteiger partial charge in [-0.25, -0.2) is 0 Å². The van der Waals surface area contributed by atoms with Crippen LogP contribution in [0.1, 0.15) is 13.8 Å². The van der Waals surface area contributed by atoms with Crippen molar-refractivity contribution in [2.45, 2.75) is 25.5 Å². The summed E-state index contributed by atoms with van der Waals surface area (Å²) in [5.74, 6) is 1.78. The first-order chi connectivity index (χ1) is 9.36. The minimum absolute atomic E-state index is 0.738. The highest BCUT2D eigenvalue weighted by Gasteiger charge is 2.12. The van der Waals surface area contributed by atoms with Gasteiger partial charge in [-0.05, 0) is 26.0 Å². The molecule has 0 spiro atoms. The first-order valence-electron chi connectivity index (χ1n) is 6.41. The molecule has 0 aliphatic heterocycles. The molecule has 2 rings (SSSR count). The normalized spacial score (nSPS) is 10.8. The van der Waals surface area contributed by atoms with Crippen molar-refractivity contribution in [3.8, 4) is 11.4 Å². The number of aromatic nitrogens is 4. The lowest BCUT2D eigenvalue weighted by molar-refractivity contribution is 0.164. The number of nitrogens with zero attached hydrogens (tertiary/aromatic N) is 4. The van der Waals surface area contributed by atoms with Gasteiger partial charge in [-0.15, -0.1) is 10.2 Å². The van der Waals surface area contributed by atoms with E-state index >= 15 is 0 Å². The Balaban J connectivity index is 2.12. The van der Waals surface area contributed by atoms with E-state index in [0.717, 1.165) is 42.1 Å². The second kappa shape index (κ2) is 7.25. The maximum Gasteiger partial charge on any atom is 0.191 e. The van der Waals surface area contributed by atoms with Gasteiger partial charge in [0, 0.05) is 36.9 Å². The smallest absolute Gasteiger partial charge is 0.191 e. The maximum atomic E-state index is 5.33. The molecule has 0 aromatic carbocycles. The van der Waals surface area contributed by atoms with E-state index in [-0.39, 0.29) is 0 Å². The molecule has 0 aliphatic carbocycles. The van der Waals surface area contributed by atoms with E-state index in [2.05, 4.69) is 26.7 Å². The SMILES string of the molecule is CCOCCSc1nnc(-c2ccncc2)n1CC. The number of hydrogen-bond acceptors (Lipinski definition) is 5. The lowest BCUT2D eigenvalue weighted by Gasteiger charge is -2.07. The van der Waals surface area contributed by atoms with Gasteiger partial charge in [-0.1, -0.05) is 11.8 Å². The highest BCUT2D eigenvalue weighted by molar-refractivity contribution is 7.99. The Kier molecular flexibility index (Phi) is 5.35. The van der Waals surface area contributed by atoms with Gasteiger partial charge in [0.2, 0.25) is 0 Å². The summed E-state index contributed by atoms with van der Waals surface area (Å²) in [6.07, 6.45) is 3.54. The van der Waals surface area contributed by atoms with Crippen molar-refractivity contribution in [1.82, 2.24) is 19.7 Å². The lowest BCUT2D eigenvalue weighted by atomic mass is 10.2. The summed E-state index contributed by atoms with van der Waals surface area (Å²) in [7, 11) is 0. The van der Waals surface area contributed by atoms with Gasteiger partial charge in [-0.3, -0.25) is 4.98 Å². The lowest BCUT2D eigenvalue weighted by Crippen LogP contribution is -2.02. The topological polar surface area (TPSA) is 52.8 Å². The summed E-state index contributed by atoms with van der Waals surface area (Å²) in [5, 5.41) is 9.48. The molecule has 19 heavy (non-hydrogen) atoms. The molecule has 0 atom stereocenters. The third-order valence-corrected chi connectivity index (χ3v) is 3.57. The molecule has 0 radical (unpaired) electrons. The Morgan fingerprint density at radius 2 is 2.00 bits per heavy atom. The molecular weight excluding hydrogens is 260 g/mol. The first kappa shape index (κ1) is 14.0. The van der Waals surface area contributed by atoms with E-state index in [9.17, 15) is 0 Å². The maximum absolute atomic E-state index is 5.33. The quantitative estimate of drug-likeness (QED) is 0.575. The third-order valence-electron chi connectivity index (χ3n) is 2.63. The molecule has 5 nitrogen and oxygen atoms in total. The second-order valence-corrected chi connectivity index (χ2v) is 4.89. The molecule has 0 unspecified atom stereocenters. The van der Waals surface area contributed by atoms with Crippen molar-refractivity contribution in [2.75, 3.05) is 19.0 Å². The molecular formula is C13H18N4OS. The van der Waals surface area contributed by atoms with Crippen LogP contribution in [0.3, 0.4) is 0 Å². The van der Waals surface area contributed by atoms with Crippen LogP contribution in [0.4, 0.5) is 0 Å². The fraction of sp³-hybridized carbons (Fsp3) is 0.462. The van der Waals surface area contributed by atoms with Crippen molar-refractivity contribution in [3.05, 3.63) is 24.5 Å².